The second-order valence-corrected chi connectivity index (χ2v) is 4.62. The van der Waals surface area contributed by atoms with E-state index in [1.165, 1.54) is 12.0 Å². The average Bonchev–Trinajstić information content (AvgIpc) is 3.04. The molecule has 1 fully saturated rings. The highest BCUT2D eigenvalue weighted by Crippen LogP contribution is 2.31. The number of hydrogen-bond acceptors (Lipinski definition) is 3. The van der Waals surface area contributed by atoms with Crippen LogP contribution in [0.15, 0.2) is 18.2 Å². The van der Waals surface area contributed by atoms with Gasteiger partial charge in [-0.3, -0.25) is 0 Å². The summed E-state index contributed by atoms with van der Waals surface area (Å²) in [6.45, 7) is 5.81. The van der Waals surface area contributed by atoms with Crippen molar-refractivity contribution < 1.29 is 9.47 Å². The Morgan fingerprint density at radius 2 is 2.12 bits per heavy atom. The molecule has 17 heavy (non-hydrogen) atoms. The van der Waals surface area contributed by atoms with Gasteiger partial charge in [0.25, 0.3) is 0 Å². The Bertz CT molecular complexity index is 378. The lowest BCUT2D eigenvalue weighted by Gasteiger charge is -2.11. The summed E-state index contributed by atoms with van der Waals surface area (Å²) in [5.74, 6) is 2.47. The monoisotopic (exact) mass is 235 g/mol. The predicted octanol–water partition coefficient (Wildman–Crippen LogP) is 2.59. The Kier molecular flexibility index (Phi) is 3.89. The summed E-state index contributed by atoms with van der Waals surface area (Å²) in [6, 6.07) is 6.82. The van der Waals surface area contributed by atoms with Crippen molar-refractivity contribution in [3.05, 3.63) is 23.8 Å². The van der Waals surface area contributed by atoms with E-state index in [0.717, 1.165) is 24.0 Å². The largest absolute Gasteiger partial charge is 0.493 e. The van der Waals surface area contributed by atoms with E-state index in [-0.39, 0.29) is 0 Å². The van der Waals surface area contributed by atoms with Gasteiger partial charge in [-0.1, -0.05) is 13.0 Å². The van der Waals surface area contributed by atoms with Crippen molar-refractivity contribution in [2.24, 2.45) is 5.92 Å². The summed E-state index contributed by atoms with van der Waals surface area (Å²) in [6.07, 6.45) is 1.30. The lowest BCUT2D eigenvalue weighted by molar-refractivity contribution is 0.310. The molecular weight excluding hydrogens is 214 g/mol. The van der Waals surface area contributed by atoms with E-state index in [4.69, 9.17) is 9.47 Å². The summed E-state index contributed by atoms with van der Waals surface area (Å²) in [5, 5.41) is 3.53. The minimum atomic E-state index is 0.660. The van der Waals surface area contributed by atoms with Crippen LogP contribution in [0.4, 0.5) is 0 Å². The van der Waals surface area contributed by atoms with Gasteiger partial charge >= 0.3 is 0 Å². The van der Waals surface area contributed by atoms with Crippen LogP contribution in [0.3, 0.4) is 0 Å². The average molecular weight is 235 g/mol. The minimum Gasteiger partial charge on any atom is -0.493 e. The van der Waals surface area contributed by atoms with Crippen LogP contribution >= 0.6 is 0 Å². The predicted molar refractivity (Wildman–Crippen MR) is 68.6 cm³/mol. The molecule has 2 unspecified atom stereocenters. The maximum atomic E-state index is 5.49. The van der Waals surface area contributed by atoms with Crippen LogP contribution < -0.4 is 14.8 Å². The number of nitrogens with one attached hydrogen (secondary N) is 1. The smallest absolute Gasteiger partial charge is 0.161 e. The zero-order valence-corrected chi connectivity index (χ0v) is 10.8. The Morgan fingerprint density at radius 3 is 2.71 bits per heavy atom. The van der Waals surface area contributed by atoms with E-state index in [9.17, 15) is 0 Å². The van der Waals surface area contributed by atoms with Gasteiger partial charge in [-0.05, 0) is 37.0 Å². The normalized spacial score (nSPS) is 22.3. The lowest BCUT2D eigenvalue weighted by atomic mass is 10.2. The van der Waals surface area contributed by atoms with Crippen LogP contribution in [0, 0.1) is 5.92 Å². The number of methoxy groups -OCH3 is 1. The fraction of sp³-hybridized carbons (Fsp3) is 0.571. The molecule has 0 bridgehead atoms. The van der Waals surface area contributed by atoms with Crippen molar-refractivity contribution in [3.63, 3.8) is 0 Å². The molecule has 3 heteroatoms. The molecule has 1 saturated carbocycles. The van der Waals surface area contributed by atoms with Crippen LogP contribution in [-0.2, 0) is 6.54 Å². The first-order chi connectivity index (χ1) is 8.24. The topological polar surface area (TPSA) is 30.5 Å². The molecule has 1 aromatic carbocycles. The third-order valence-electron chi connectivity index (χ3n) is 3.21. The molecule has 1 aliphatic carbocycles. The van der Waals surface area contributed by atoms with Gasteiger partial charge in [-0.2, -0.15) is 0 Å². The van der Waals surface area contributed by atoms with E-state index in [0.29, 0.717) is 12.6 Å². The van der Waals surface area contributed by atoms with Crippen molar-refractivity contribution >= 4 is 0 Å². The molecule has 94 valence electrons. The van der Waals surface area contributed by atoms with E-state index < -0.39 is 0 Å². The van der Waals surface area contributed by atoms with Crippen LogP contribution in [-0.4, -0.2) is 19.8 Å². The number of benzene rings is 1. The molecule has 1 aliphatic rings. The van der Waals surface area contributed by atoms with Crippen LogP contribution in [0.5, 0.6) is 11.5 Å². The highest BCUT2D eigenvalue weighted by atomic mass is 16.5. The van der Waals surface area contributed by atoms with Gasteiger partial charge in [0.15, 0.2) is 11.5 Å². The van der Waals surface area contributed by atoms with Crippen LogP contribution in [0.1, 0.15) is 25.8 Å². The van der Waals surface area contributed by atoms with Crippen LogP contribution in [0.25, 0.3) is 0 Å². The van der Waals surface area contributed by atoms with Gasteiger partial charge in [0.1, 0.15) is 0 Å². The molecule has 0 radical (unpaired) electrons. The summed E-state index contributed by atoms with van der Waals surface area (Å²) in [7, 11) is 1.68. The molecule has 2 atom stereocenters. The zero-order chi connectivity index (χ0) is 12.3. The highest BCUT2D eigenvalue weighted by molar-refractivity contribution is 5.42. The molecule has 0 saturated heterocycles. The lowest BCUT2D eigenvalue weighted by Crippen LogP contribution is -2.17. The summed E-state index contributed by atoms with van der Waals surface area (Å²) < 4.78 is 10.8. The minimum absolute atomic E-state index is 0.660. The molecule has 0 amide bonds. The zero-order valence-electron chi connectivity index (χ0n) is 10.8. The number of rotatable bonds is 6. The Balaban J connectivity index is 1.97. The third-order valence-corrected chi connectivity index (χ3v) is 3.21. The van der Waals surface area contributed by atoms with Gasteiger partial charge in [-0.25, -0.2) is 0 Å². The van der Waals surface area contributed by atoms with Gasteiger partial charge < -0.3 is 14.8 Å². The molecule has 0 spiro atoms. The van der Waals surface area contributed by atoms with E-state index in [2.05, 4.69) is 18.3 Å². The van der Waals surface area contributed by atoms with Crippen molar-refractivity contribution in [2.75, 3.05) is 13.7 Å². The molecule has 3 nitrogen and oxygen atoms in total. The van der Waals surface area contributed by atoms with Gasteiger partial charge in [0.2, 0.25) is 0 Å². The second kappa shape index (κ2) is 5.41. The van der Waals surface area contributed by atoms with Crippen molar-refractivity contribution in [1.82, 2.24) is 5.32 Å². The Morgan fingerprint density at radius 1 is 1.35 bits per heavy atom. The molecule has 0 aliphatic heterocycles. The molecule has 0 aromatic heterocycles. The third kappa shape index (κ3) is 3.13. The molecular formula is C14H21NO2. The van der Waals surface area contributed by atoms with Gasteiger partial charge in [-0.15, -0.1) is 0 Å². The molecule has 2 rings (SSSR count). The first kappa shape index (κ1) is 12.2. The van der Waals surface area contributed by atoms with E-state index in [1.807, 2.05) is 19.1 Å². The highest BCUT2D eigenvalue weighted by Gasteiger charge is 2.31. The second-order valence-electron chi connectivity index (χ2n) is 4.62. The fourth-order valence-electron chi connectivity index (χ4n) is 1.95. The van der Waals surface area contributed by atoms with E-state index in [1.54, 1.807) is 7.11 Å². The maximum Gasteiger partial charge on any atom is 0.161 e. The molecule has 1 aromatic rings. The first-order valence-electron chi connectivity index (χ1n) is 6.27. The molecule has 0 heterocycles. The Labute approximate surface area is 103 Å². The van der Waals surface area contributed by atoms with Crippen molar-refractivity contribution in [3.8, 4) is 11.5 Å². The van der Waals surface area contributed by atoms with Gasteiger partial charge in [0, 0.05) is 12.6 Å². The number of hydrogen-bond donors (Lipinski definition) is 1. The summed E-state index contributed by atoms with van der Waals surface area (Å²) in [5.41, 5.74) is 1.24. The van der Waals surface area contributed by atoms with E-state index >= 15 is 0 Å². The maximum absolute atomic E-state index is 5.49. The van der Waals surface area contributed by atoms with Crippen molar-refractivity contribution in [1.29, 1.82) is 0 Å². The van der Waals surface area contributed by atoms with Gasteiger partial charge in [0.05, 0.1) is 13.7 Å². The fourth-order valence-corrected chi connectivity index (χ4v) is 1.95. The molecule has 1 N–H and O–H groups in total. The standard InChI is InChI=1S/C14H21NO2/c1-4-17-13-6-5-11(8-14(13)16-3)9-15-12-7-10(12)2/h5-6,8,10,12,15H,4,7,9H2,1-3H3. The van der Waals surface area contributed by atoms with Crippen LogP contribution in [0.2, 0.25) is 0 Å². The van der Waals surface area contributed by atoms with Crippen molar-refractivity contribution in [2.45, 2.75) is 32.9 Å². The quantitative estimate of drug-likeness (QED) is 0.822. The summed E-state index contributed by atoms with van der Waals surface area (Å²) >= 11 is 0. The first-order valence-corrected chi connectivity index (χ1v) is 6.27. The SMILES string of the molecule is CCOc1ccc(CNC2CC2C)cc1OC. The summed E-state index contributed by atoms with van der Waals surface area (Å²) in [4.78, 5) is 0. The number of ether oxygens (including phenoxy) is 2. The Hall–Kier alpha value is -1.22.